The van der Waals surface area contributed by atoms with Gasteiger partial charge in [0.05, 0.1) is 10.2 Å². The molecule has 9 aromatic rings. The molecule has 0 amide bonds. The Labute approximate surface area is 256 Å². The van der Waals surface area contributed by atoms with Crippen molar-refractivity contribution in [2.75, 3.05) is 0 Å². The third-order valence-electron chi connectivity index (χ3n) is 7.94. The van der Waals surface area contributed by atoms with Crippen molar-refractivity contribution in [3.63, 3.8) is 0 Å². The highest BCUT2D eigenvalue weighted by molar-refractivity contribution is 7.21. The Kier molecular flexibility index (Phi) is 5.61. The highest BCUT2D eigenvalue weighted by Crippen LogP contribution is 2.38. The Bertz CT molecular complexity index is 2500. The van der Waals surface area contributed by atoms with Gasteiger partial charge in [0.1, 0.15) is 16.2 Å². The molecule has 0 spiro atoms. The lowest BCUT2D eigenvalue weighted by Crippen LogP contribution is -2.00. The minimum absolute atomic E-state index is 0.597. The summed E-state index contributed by atoms with van der Waals surface area (Å²) >= 11 is 1.68. The fourth-order valence-corrected chi connectivity index (χ4v) is 6.70. The summed E-state index contributed by atoms with van der Waals surface area (Å²) < 4.78 is 7.52. The number of nitrogens with zero attached hydrogens (tertiary/aromatic N) is 4. The van der Waals surface area contributed by atoms with Gasteiger partial charge in [-0.25, -0.2) is 19.9 Å². The molecule has 0 aliphatic rings. The van der Waals surface area contributed by atoms with Crippen LogP contribution in [0.5, 0.6) is 0 Å². The number of hydrogen-bond acceptors (Lipinski definition) is 6. The van der Waals surface area contributed by atoms with Crippen molar-refractivity contribution < 1.29 is 4.42 Å². The standard InChI is InChI=1S/C38H22N4OS/c1-3-10-24(11-4-1)35-40-36(27-16-15-23-9-7-8-14-26(23)19-27)42-37(41-35)28-17-18-29-30-21-31-34(22-33(30)43-32(29)20-28)44-38(39-31)25-12-5-2-6-13-25/h1-22H. The zero-order valence-corrected chi connectivity index (χ0v) is 24.1. The summed E-state index contributed by atoms with van der Waals surface area (Å²) in [5, 5.41) is 5.40. The van der Waals surface area contributed by atoms with Gasteiger partial charge in [-0.3, -0.25) is 0 Å². The average Bonchev–Trinajstić information content (AvgIpc) is 3.67. The van der Waals surface area contributed by atoms with Gasteiger partial charge >= 0.3 is 0 Å². The molecule has 0 radical (unpaired) electrons. The van der Waals surface area contributed by atoms with E-state index >= 15 is 0 Å². The van der Waals surface area contributed by atoms with Crippen molar-refractivity contribution in [2.24, 2.45) is 0 Å². The van der Waals surface area contributed by atoms with E-state index in [9.17, 15) is 0 Å². The lowest BCUT2D eigenvalue weighted by atomic mass is 10.1. The molecule has 6 aromatic carbocycles. The molecule has 0 aliphatic heterocycles. The average molecular weight is 583 g/mol. The third-order valence-corrected chi connectivity index (χ3v) is 9.00. The first-order valence-corrected chi connectivity index (χ1v) is 15.2. The highest BCUT2D eigenvalue weighted by atomic mass is 32.1. The van der Waals surface area contributed by atoms with Crippen molar-refractivity contribution in [3.05, 3.63) is 133 Å². The monoisotopic (exact) mass is 582 g/mol. The number of thiazole rings is 1. The maximum Gasteiger partial charge on any atom is 0.164 e. The minimum atomic E-state index is 0.597. The minimum Gasteiger partial charge on any atom is -0.456 e. The topological polar surface area (TPSA) is 64.7 Å². The van der Waals surface area contributed by atoms with Crippen LogP contribution in [0.15, 0.2) is 138 Å². The summed E-state index contributed by atoms with van der Waals surface area (Å²) in [7, 11) is 0. The number of hydrogen-bond donors (Lipinski definition) is 0. The van der Waals surface area contributed by atoms with Crippen LogP contribution in [-0.4, -0.2) is 19.9 Å². The molecule has 5 nitrogen and oxygen atoms in total. The van der Waals surface area contributed by atoms with E-state index in [-0.39, 0.29) is 0 Å². The van der Waals surface area contributed by atoms with E-state index in [0.29, 0.717) is 17.5 Å². The molecular weight excluding hydrogens is 561 g/mol. The number of furan rings is 1. The fourth-order valence-electron chi connectivity index (χ4n) is 5.72. The summed E-state index contributed by atoms with van der Waals surface area (Å²) in [6, 6.07) is 45.4. The van der Waals surface area contributed by atoms with Gasteiger partial charge in [-0.1, -0.05) is 103 Å². The molecule has 0 unspecified atom stereocenters. The van der Waals surface area contributed by atoms with Crippen LogP contribution in [0, 0.1) is 0 Å². The summed E-state index contributed by atoms with van der Waals surface area (Å²) in [5.41, 5.74) is 6.46. The van der Waals surface area contributed by atoms with Crippen LogP contribution in [0.1, 0.15) is 0 Å². The van der Waals surface area contributed by atoms with E-state index in [2.05, 4.69) is 66.7 Å². The summed E-state index contributed by atoms with van der Waals surface area (Å²) in [6.45, 7) is 0. The van der Waals surface area contributed by atoms with E-state index in [4.69, 9.17) is 24.4 Å². The molecule has 9 rings (SSSR count). The van der Waals surface area contributed by atoms with E-state index < -0.39 is 0 Å². The van der Waals surface area contributed by atoms with Crippen molar-refractivity contribution in [3.8, 4) is 44.7 Å². The Hall–Kier alpha value is -5.72. The second-order valence-electron chi connectivity index (χ2n) is 10.7. The van der Waals surface area contributed by atoms with Gasteiger partial charge in [-0.2, -0.15) is 0 Å². The molecule has 0 aliphatic carbocycles. The molecule has 0 N–H and O–H groups in total. The van der Waals surface area contributed by atoms with Gasteiger partial charge in [-0.05, 0) is 35.0 Å². The fraction of sp³-hybridized carbons (Fsp3) is 0. The maximum atomic E-state index is 6.42. The molecule has 0 atom stereocenters. The van der Waals surface area contributed by atoms with Crippen LogP contribution in [0.4, 0.5) is 0 Å². The quantitative estimate of drug-likeness (QED) is 0.207. The first-order valence-electron chi connectivity index (χ1n) is 14.4. The predicted octanol–water partition coefficient (Wildman–Crippen LogP) is 10.2. The van der Waals surface area contributed by atoms with Gasteiger partial charge in [0.15, 0.2) is 17.5 Å². The van der Waals surface area contributed by atoms with Crippen LogP contribution >= 0.6 is 11.3 Å². The molecule has 0 saturated heterocycles. The summed E-state index contributed by atoms with van der Waals surface area (Å²) in [6.07, 6.45) is 0. The number of rotatable bonds is 4. The van der Waals surface area contributed by atoms with E-state index in [0.717, 1.165) is 64.8 Å². The molecule has 0 saturated carbocycles. The third kappa shape index (κ3) is 4.23. The molecule has 206 valence electrons. The van der Waals surface area contributed by atoms with Crippen molar-refractivity contribution >= 4 is 54.3 Å². The molecule has 6 heteroatoms. The van der Waals surface area contributed by atoms with Gasteiger partial charge in [0.2, 0.25) is 0 Å². The second kappa shape index (κ2) is 9.93. The van der Waals surface area contributed by atoms with Crippen LogP contribution < -0.4 is 0 Å². The van der Waals surface area contributed by atoms with Crippen LogP contribution in [0.3, 0.4) is 0 Å². The number of fused-ring (bicyclic) bond motifs is 5. The first-order chi connectivity index (χ1) is 21.7. The number of aromatic nitrogens is 4. The van der Waals surface area contributed by atoms with Crippen molar-refractivity contribution in [2.45, 2.75) is 0 Å². The van der Waals surface area contributed by atoms with E-state index in [1.807, 2.05) is 66.7 Å². The normalized spacial score (nSPS) is 11.6. The van der Waals surface area contributed by atoms with Gasteiger partial charge in [0.25, 0.3) is 0 Å². The molecule has 0 bridgehead atoms. The molecular formula is C38H22N4OS. The Morgan fingerprint density at radius 2 is 1.05 bits per heavy atom. The van der Waals surface area contributed by atoms with Crippen LogP contribution in [0.25, 0.3) is 87.7 Å². The Balaban J connectivity index is 1.17. The number of benzene rings is 6. The lowest BCUT2D eigenvalue weighted by Gasteiger charge is -2.09. The van der Waals surface area contributed by atoms with Crippen LogP contribution in [0.2, 0.25) is 0 Å². The largest absolute Gasteiger partial charge is 0.456 e. The Morgan fingerprint density at radius 3 is 1.82 bits per heavy atom. The summed E-state index contributed by atoms with van der Waals surface area (Å²) in [5.74, 6) is 1.85. The highest BCUT2D eigenvalue weighted by Gasteiger charge is 2.16. The van der Waals surface area contributed by atoms with E-state index in [1.54, 1.807) is 11.3 Å². The summed E-state index contributed by atoms with van der Waals surface area (Å²) in [4.78, 5) is 19.7. The smallest absolute Gasteiger partial charge is 0.164 e. The molecule has 0 fully saturated rings. The first kappa shape index (κ1) is 24.8. The van der Waals surface area contributed by atoms with Gasteiger partial charge in [0, 0.05) is 39.1 Å². The lowest BCUT2D eigenvalue weighted by molar-refractivity contribution is 0.669. The van der Waals surface area contributed by atoms with E-state index in [1.165, 1.54) is 5.39 Å². The molecule has 3 heterocycles. The van der Waals surface area contributed by atoms with Gasteiger partial charge in [-0.15, -0.1) is 11.3 Å². The molecule has 3 aromatic heterocycles. The zero-order valence-electron chi connectivity index (χ0n) is 23.3. The van der Waals surface area contributed by atoms with Crippen molar-refractivity contribution in [1.82, 2.24) is 19.9 Å². The SMILES string of the molecule is c1ccc(-c2nc(-c3ccc4ccccc4c3)nc(-c3ccc4c(c3)oc3cc5sc(-c6ccccc6)nc5cc34)n2)cc1. The maximum absolute atomic E-state index is 6.42. The zero-order chi connectivity index (χ0) is 29.0. The predicted molar refractivity (Wildman–Crippen MR) is 180 cm³/mol. The second-order valence-corrected chi connectivity index (χ2v) is 11.8. The molecule has 44 heavy (non-hydrogen) atoms. The van der Waals surface area contributed by atoms with Crippen LogP contribution in [-0.2, 0) is 0 Å². The Morgan fingerprint density at radius 1 is 0.432 bits per heavy atom. The van der Waals surface area contributed by atoms with Gasteiger partial charge < -0.3 is 4.42 Å². The van der Waals surface area contributed by atoms with Crippen molar-refractivity contribution in [1.29, 1.82) is 0 Å².